The van der Waals surface area contributed by atoms with Crippen LogP contribution in [0.4, 0.5) is 5.69 Å². The second-order valence-corrected chi connectivity index (χ2v) is 4.94. The van der Waals surface area contributed by atoms with Crippen molar-refractivity contribution in [3.8, 4) is 11.4 Å². The van der Waals surface area contributed by atoms with Crippen LogP contribution in [0.3, 0.4) is 0 Å². The number of hydrogen-bond donors (Lipinski definition) is 1. The summed E-state index contributed by atoms with van der Waals surface area (Å²) in [6, 6.07) is 16.5. The molecule has 0 atom stereocenters. The van der Waals surface area contributed by atoms with Gasteiger partial charge in [0.2, 0.25) is 11.7 Å². The van der Waals surface area contributed by atoms with Crippen molar-refractivity contribution < 1.29 is 4.79 Å². The molecule has 3 rings (SSSR count). The number of nitrogens with zero attached hydrogens (tertiary/aromatic N) is 4. The fourth-order valence-electron chi connectivity index (χ4n) is 1.89. The first-order valence-electron chi connectivity index (χ1n) is 6.60. The molecule has 1 aromatic heterocycles. The normalized spacial score (nSPS) is 10.4. The minimum atomic E-state index is -0.273. The SMILES string of the molecule is O=C(Cn1nnc(-c2ccccc2)n1)Nc1ccccc1Cl. The second kappa shape index (κ2) is 6.36. The van der Waals surface area contributed by atoms with Gasteiger partial charge in [-0.2, -0.15) is 4.80 Å². The summed E-state index contributed by atoms with van der Waals surface area (Å²) in [5.74, 6) is 0.205. The largest absolute Gasteiger partial charge is 0.323 e. The van der Waals surface area contributed by atoms with Gasteiger partial charge in [0, 0.05) is 5.56 Å². The van der Waals surface area contributed by atoms with Gasteiger partial charge in [0.1, 0.15) is 6.54 Å². The van der Waals surface area contributed by atoms with Gasteiger partial charge in [-0.25, -0.2) is 0 Å². The van der Waals surface area contributed by atoms with E-state index in [-0.39, 0.29) is 12.5 Å². The number of halogens is 1. The van der Waals surface area contributed by atoms with Crippen molar-refractivity contribution in [2.45, 2.75) is 6.54 Å². The van der Waals surface area contributed by atoms with E-state index in [1.54, 1.807) is 24.3 Å². The Morgan fingerprint density at radius 2 is 1.82 bits per heavy atom. The fraction of sp³-hybridized carbons (Fsp3) is 0.0667. The van der Waals surface area contributed by atoms with Gasteiger partial charge >= 0.3 is 0 Å². The lowest BCUT2D eigenvalue weighted by Gasteiger charge is -2.05. The minimum Gasteiger partial charge on any atom is -0.323 e. The third kappa shape index (κ3) is 3.29. The Balaban J connectivity index is 1.68. The third-order valence-corrected chi connectivity index (χ3v) is 3.25. The quantitative estimate of drug-likeness (QED) is 0.803. The van der Waals surface area contributed by atoms with Gasteiger partial charge in [0.05, 0.1) is 10.7 Å². The van der Waals surface area contributed by atoms with Crippen LogP contribution in [0, 0.1) is 0 Å². The Morgan fingerprint density at radius 1 is 1.09 bits per heavy atom. The summed E-state index contributed by atoms with van der Waals surface area (Å²) >= 11 is 5.99. The van der Waals surface area contributed by atoms with Crippen molar-refractivity contribution in [2.75, 3.05) is 5.32 Å². The van der Waals surface area contributed by atoms with Crippen molar-refractivity contribution in [2.24, 2.45) is 0 Å². The first-order chi connectivity index (χ1) is 10.7. The highest BCUT2D eigenvalue weighted by Crippen LogP contribution is 2.20. The molecule has 0 radical (unpaired) electrons. The van der Waals surface area contributed by atoms with Crippen LogP contribution < -0.4 is 5.32 Å². The van der Waals surface area contributed by atoms with Crippen LogP contribution in [0.25, 0.3) is 11.4 Å². The maximum absolute atomic E-state index is 12.0. The van der Waals surface area contributed by atoms with Crippen LogP contribution in [0.15, 0.2) is 54.6 Å². The smallest absolute Gasteiger partial charge is 0.248 e. The Morgan fingerprint density at radius 3 is 2.59 bits per heavy atom. The van der Waals surface area contributed by atoms with E-state index in [0.717, 1.165) is 5.56 Å². The van der Waals surface area contributed by atoms with E-state index in [0.29, 0.717) is 16.5 Å². The number of aromatic nitrogens is 4. The number of carbonyl (C=O) groups excluding carboxylic acids is 1. The van der Waals surface area contributed by atoms with Gasteiger partial charge in [-0.15, -0.1) is 10.2 Å². The predicted octanol–water partition coefficient (Wildman–Crippen LogP) is 2.63. The number of benzene rings is 2. The van der Waals surface area contributed by atoms with Crippen LogP contribution in [0.1, 0.15) is 0 Å². The van der Waals surface area contributed by atoms with Gasteiger partial charge in [-0.05, 0) is 17.3 Å². The molecule has 2 aromatic carbocycles. The molecule has 0 fully saturated rings. The maximum atomic E-state index is 12.0. The Kier molecular flexibility index (Phi) is 4.11. The number of tetrazole rings is 1. The van der Waals surface area contributed by atoms with Crippen LogP contribution >= 0.6 is 11.6 Å². The Labute approximate surface area is 131 Å². The molecule has 3 aromatic rings. The first-order valence-corrected chi connectivity index (χ1v) is 6.98. The van der Waals surface area contributed by atoms with E-state index in [1.807, 2.05) is 30.3 Å². The summed E-state index contributed by atoms with van der Waals surface area (Å²) in [6.07, 6.45) is 0. The molecule has 1 N–H and O–H groups in total. The molecule has 7 heteroatoms. The Bertz CT molecular complexity index is 787. The highest BCUT2D eigenvalue weighted by atomic mass is 35.5. The van der Waals surface area contributed by atoms with E-state index in [2.05, 4.69) is 20.7 Å². The fourth-order valence-corrected chi connectivity index (χ4v) is 2.08. The second-order valence-electron chi connectivity index (χ2n) is 4.54. The topological polar surface area (TPSA) is 72.7 Å². The van der Waals surface area contributed by atoms with Gasteiger partial charge in [0.25, 0.3) is 0 Å². The van der Waals surface area contributed by atoms with Crippen molar-refractivity contribution in [1.29, 1.82) is 0 Å². The van der Waals surface area contributed by atoms with Gasteiger partial charge in [-0.3, -0.25) is 4.79 Å². The van der Waals surface area contributed by atoms with E-state index in [4.69, 9.17) is 11.6 Å². The van der Waals surface area contributed by atoms with Gasteiger partial charge in [0.15, 0.2) is 0 Å². The van der Waals surface area contributed by atoms with Gasteiger partial charge in [-0.1, -0.05) is 54.1 Å². The molecule has 0 aliphatic carbocycles. The lowest BCUT2D eigenvalue weighted by Crippen LogP contribution is -2.20. The number of hydrogen-bond acceptors (Lipinski definition) is 4. The monoisotopic (exact) mass is 313 g/mol. The average molecular weight is 314 g/mol. The molecule has 0 saturated heterocycles. The Hall–Kier alpha value is -2.73. The molecule has 0 aliphatic heterocycles. The molecular formula is C15H12ClN5O. The summed E-state index contributed by atoms with van der Waals surface area (Å²) in [5, 5.41) is 15.2. The maximum Gasteiger partial charge on any atom is 0.248 e. The number of anilines is 1. The lowest BCUT2D eigenvalue weighted by atomic mass is 10.2. The van der Waals surface area contributed by atoms with Crippen molar-refractivity contribution in [3.05, 3.63) is 59.6 Å². The molecule has 0 bridgehead atoms. The molecule has 0 saturated carbocycles. The summed E-state index contributed by atoms with van der Waals surface area (Å²) in [4.78, 5) is 13.2. The highest BCUT2D eigenvalue weighted by molar-refractivity contribution is 6.33. The summed E-state index contributed by atoms with van der Waals surface area (Å²) in [5.41, 5.74) is 1.40. The van der Waals surface area contributed by atoms with E-state index in [9.17, 15) is 4.79 Å². The minimum absolute atomic E-state index is 0.0367. The molecule has 1 amide bonds. The zero-order chi connectivity index (χ0) is 15.4. The lowest BCUT2D eigenvalue weighted by molar-refractivity contribution is -0.117. The summed E-state index contributed by atoms with van der Waals surface area (Å²) < 4.78 is 0. The molecule has 0 unspecified atom stereocenters. The van der Waals surface area contributed by atoms with Gasteiger partial charge < -0.3 is 5.32 Å². The highest BCUT2D eigenvalue weighted by Gasteiger charge is 2.10. The van der Waals surface area contributed by atoms with E-state index < -0.39 is 0 Å². The van der Waals surface area contributed by atoms with Crippen LogP contribution in [0.2, 0.25) is 5.02 Å². The first kappa shape index (κ1) is 14.2. The van der Waals surface area contributed by atoms with Crippen molar-refractivity contribution in [3.63, 3.8) is 0 Å². The zero-order valence-corrected chi connectivity index (χ0v) is 12.2. The molecule has 6 nitrogen and oxygen atoms in total. The molecule has 110 valence electrons. The number of rotatable bonds is 4. The van der Waals surface area contributed by atoms with Crippen LogP contribution in [0.5, 0.6) is 0 Å². The number of nitrogens with one attached hydrogen (secondary N) is 1. The number of amides is 1. The molecule has 0 spiro atoms. The van der Waals surface area contributed by atoms with Crippen LogP contribution in [-0.2, 0) is 11.3 Å². The zero-order valence-electron chi connectivity index (χ0n) is 11.5. The van der Waals surface area contributed by atoms with Crippen molar-refractivity contribution >= 4 is 23.2 Å². The van der Waals surface area contributed by atoms with Crippen molar-refractivity contribution in [1.82, 2.24) is 20.2 Å². The number of para-hydroxylation sites is 1. The third-order valence-electron chi connectivity index (χ3n) is 2.92. The molecule has 0 aliphatic rings. The predicted molar refractivity (Wildman–Crippen MR) is 83.3 cm³/mol. The van der Waals surface area contributed by atoms with E-state index >= 15 is 0 Å². The standard InChI is InChI=1S/C15H12ClN5O/c16-12-8-4-5-9-13(12)17-14(22)10-21-19-15(18-20-21)11-6-2-1-3-7-11/h1-9H,10H2,(H,17,22). The number of carbonyl (C=O) groups is 1. The summed E-state index contributed by atoms with van der Waals surface area (Å²) in [7, 11) is 0. The molecule has 1 heterocycles. The average Bonchev–Trinajstić information content (AvgIpc) is 2.99. The molecule has 22 heavy (non-hydrogen) atoms. The molecular weight excluding hydrogens is 302 g/mol. The summed E-state index contributed by atoms with van der Waals surface area (Å²) in [6.45, 7) is -0.0367. The van der Waals surface area contributed by atoms with Crippen LogP contribution in [-0.4, -0.2) is 26.1 Å². The van der Waals surface area contributed by atoms with E-state index in [1.165, 1.54) is 4.80 Å².